The lowest BCUT2D eigenvalue weighted by Gasteiger charge is -2.42. The normalized spacial score (nSPS) is 25.5. The van der Waals surface area contributed by atoms with E-state index in [-0.39, 0.29) is 76.1 Å². The summed E-state index contributed by atoms with van der Waals surface area (Å²) in [6, 6.07) is 1.45. The van der Waals surface area contributed by atoms with Gasteiger partial charge in [0.15, 0.2) is 0 Å². The Kier molecular flexibility index (Phi) is 28.6. The van der Waals surface area contributed by atoms with Gasteiger partial charge in [0.2, 0.25) is 70.9 Å². The van der Waals surface area contributed by atoms with E-state index in [1.807, 2.05) is 64.1 Å². The first-order valence-corrected chi connectivity index (χ1v) is 36.3. The first-order valence-electron chi connectivity index (χ1n) is 36.0. The number of nitrogens with one attached hydrogen (secondary N) is 3. The van der Waals surface area contributed by atoms with Gasteiger partial charge in [0, 0.05) is 75.4 Å². The Hall–Kier alpha value is -8.10. The molecule has 0 unspecified atom stereocenters. The Labute approximate surface area is 603 Å². The number of fused-ring (bicyclic) bond motifs is 4. The predicted molar refractivity (Wildman–Crippen MR) is 377 cm³/mol. The van der Waals surface area contributed by atoms with Crippen LogP contribution in [0.3, 0.4) is 0 Å². The molecule has 7 rings (SSSR count). The van der Waals surface area contributed by atoms with Gasteiger partial charge < -0.3 is 60.0 Å². The van der Waals surface area contributed by atoms with Crippen LogP contribution in [0.4, 0.5) is 13.2 Å². The number of amides is 12. The maximum atomic E-state index is 15.6. The molecule has 2 saturated carbocycles. The molecule has 4 fully saturated rings. The molecule has 0 radical (unpaired) electrons. The van der Waals surface area contributed by atoms with Crippen LogP contribution < -0.4 is 16.0 Å². The molecule has 2 saturated heterocycles. The van der Waals surface area contributed by atoms with Crippen molar-refractivity contribution < 1.29 is 70.7 Å². The van der Waals surface area contributed by atoms with Crippen LogP contribution in [-0.2, 0) is 76.6 Å². The molecule has 24 nitrogen and oxygen atoms in total. The zero-order chi connectivity index (χ0) is 75.2. The van der Waals surface area contributed by atoms with Crippen LogP contribution in [-0.4, -0.2) is 251 Å². The lowest BCUT2D eigenvalue weighted by Crippen LogP contribution is -2.65. The SMILES string of the molecule is CC[C@H](C)[C@@H]1NC(=O)[C@@H](CC(C)C)N(C)C(=O)C[C@@H](C(=O)N(C)C)N(C)C(=O)[C@H](C2CCCC2)N(C)C(=O)C2(CCCC2)NC(=O)[C@@H]2CCCN2C(=O)[C@H](CCc2ccc(C(F)(F)F)c(Cl)c2)NC(=O)CN(C)C(=O)[C@H](Cc2ccc(C)cc2)N2CC/C=C\CCN(CC2=O)C(=O)CN(C)C1=O. The Morgan fingerprint density at radius 3 is 1.90 bits per heavy atom. The highest BCUT2D eigenvalue weighted by molar-refractivity contribution is 6.31. The molecule has 2 aromatic rings. The van der Waals surface area contributed by atoms with Gasteiger partial charge in [-0.2, -0.15) is 13.2 Å². The van der Waals surface area contributed by atoms with Gasteiger partial charge in [0.1, 0.15) is 47.8 Å². The number of carbonyl (C=O) groups is 12. The maximum Gasteiger partial charge on any atom is 0.417 e. The maximum absolute atomic E-state index is 15.6. The van der Waals surface area contributed by atoms with E-state index in [1.165, 1.54) is 94.6 Å². The van der Waals surface area contributed by atoms with E-state index in [2.05, 4.69) is 16.0 Å². The van der Waals surface area contributed by atoms with Gasteiger partial charge in [0.25, 0.3) is 0 Å². The standard InChI is InChI=1S/C74H106ClF3N12O12/c1-13-48(5)63-70(100)84(9)44-61(93)88-36-20-14-15-21-37-89(62(94)45-88)58(41-50-28-26-47(4)27-29-50)69(99)83(8)43-59(91)79-54(33-31-49-30-32-52(53(75)40-49)74(76,77)78)67(97)90-38-22-25-55(90)66(96)81-73(34-18-19-35-73)72(102)87(12)64(51-23-16-17-24-51)71(101)86(11)57(68(98)82(6)7)42-60(92)85(10)56(39-46(2)3)65(95)80-63/h14-15,26-30,32,40,46,48,51,54-58,63-64H,13,16-25,31,33-39,41-45H2,1-12H3,(H,79,91)(H,80,95)(H,81,96)/b15-14-/t48-,54-,55-,56+,57-,58-,63-,64-/m0/s1. The fourth-order valence-corrected chi connectivity index (χ4v) is 15.2. The third-order valence-corrected chi connectivity index (χ3v) is 21.4. The summed E-state index contributed by atoms with van der Waals surface area (Å²) in [6.07, 6.45) is 3.38. The van der Waals surface area contributed by atoms with Crippen molar-refractivity contribution in [3.63, 3.8) is 0 Å². The third kappa shape index (κ3) is 20.2. The molecular formula is C74H106ClF3N12O12. The fourth-order valence-electron chi connectivity index (χ4n) is 14.8. The second-order valence-electron chi connectivity index (χ2n) is 29.3. The van der Waals surface area contributed by atoms with Crippen molar-refractivity contribution in [3.8, 4) is 0 Å². The van der Waals surface area contributed by atoms with Gasteiger partial charge in [-0.05, 0) is 119 Å². The second-order valence-corrected chi connectivity index (χ2v) is 29.7. The average Bonchev–Trinajstić information content (AvgIpc) is 1.49. The van der Waals surface area contributed by atoms with Crippen LogP contribution in [0.1, 0.15) is 153 Å². The van der Waals surface area contributed by atoms with E-state index in [9.17, 15) is 41.9 Å². The number of halogens is 4. The number of hydrogen-bond acceptors (Lipinski definition) is 12. The van der Waals surface area contributed by atoms with Crippen molar-refractivity contribution in [2.75, 3.05) is 88.6 Å². The molecule has 3 aliphatic heterocycles. The highest BCUT2D eigenvalue weighted by atomic mass is 35.5. The number of aryl methyl sites for hydroxylation is 2. The largest absolute Gasteiger partial charge is 0.417 e. The summed E-state index contributed by atoms with van der Waals surface area (Å²) in [5, 5.41) is 8.14. The second kappa shape index (κ2) is 35.9. The van der Waals surface area contributed by atoms with Gasteiger partial charge in [-0.1, -0.05) is 119 Å². The highest BCUT2D eigenvalue weighted by Crippen LogP contribution is 2.38. The van der Waals surface area contributed by atoms with Crippen LogP contribution in [0.5, 0.6) is 0 Å². The minimum atomic E-state index is -4.77. The minimum absolute atomic E-state index is 0.000524. The quantitative estimate of drug-likeness (QED) is 0.226. The van der Waals surface area contributed by atoms with Crippen LogP contribution in [0.25, 0.3) is 0 Å². The lowest BCUT2D eigenvalue weighted by molar-refractivity contribution is -0.156. The van der Waals surface area contributed by atoms with Crippen molar-refractivity contribution in [3.05, 3.63) is 81.9 Å². The molecule has 28 heteroatoms. The van der Waals surface area contributed by atoms with Crippen molar-refractivity contribution in [2.24, 2.45) is 17.8 Å². The molecule has 0 aromatic heterocycles. The number of hydrogen-bond donors (Lipinski definition) is 3. The van der Waals surface area contributed by atoms with E-state index in [4.69, 9.17) is 11.6 Å². The molecule has 2 aliphatic carbocycles. The molecule has 5 aliphatic rings. The molecule has 12 amide bonds. The Morgan fingerprint density at radius 1 is 0.667 bits per heavy atom. The molecule has 8 atom stereocenters. The Bertz CT molecular complexity index is 3410. The van der Waals surface area contributed by atoms with Crippen molar-refractivity contribution in [1.82, 2.24) is 60.0 Å². The number of alkyl halides is 3. The summed E-state index contributed by atoms with van der Waals surface area (Å²) >= 11 is 6.17. The van der Waals surface area contributed by atoms with Crippen molar-refractivity contribution in [2.45, 2.75) is 204 Å². The smallest absolute Gasteiger partial charge is 0.347 e. The van der Waals surface area contributed by atoms with Crippen molar-refractivity contribution >= 4 is 82.5 Å². The van der Waals surface area contributed by atoms with E-state index in [1.54, 1.807) is 6.92 Å². The van der Waals surface area contributed by atoms with Gasteiger partial charge >= 0.3 is 6.18 Å². The topological polar surface area (TPSA) is 270 Å². The summed E-state index contributed by atoms with van der Waals surface area (Å²) in [7, 11) is 10.0. The van der Waals surface area contributed by atoms with Crippen LogP contribution in [0, 0.1) is 24.7 Å². The molecule has 1 spiro atoms. The van der Waals surface area contributed by atoms with E-state index in [0.29, 0.717) is 56.9 Å². The molecule has 3 heterocycles. The summed E-state index contributed by atoms with van der Waals surface area (Å²) in [4.78, 5) is 191. The van der Waals surface area contributed by atoms with Crippen LogP contribution in [0.15, 0.2) is 54.6 Å². The number of carbonyl (C=O) groups excluding carboxylic acids is 12. The molecule has 562 valence electrons. The summed E-state index contributed by atoms with van der Waals surface area (Å²) in [5.41, 5.74) is -0.798. The summed E-state index contributed by atoms with van der Waals surface area (Å²) in [6.45, 7) is 7.51. The van der Waals surface area contributed by atoms with Crippen molar-refractivity contribution in [1.29, 1.82) is 0 Å². The fraction of sp³-hybridized carbons (Fsp3) is 0.649. The van der Waals surface area contributed by atoms with Gasteiger partial charge in [-0.3, -0.25) is 57.5 Å². The van der Waals surface area contributed by atoms with Crippen LogP contribution >= 0.6 is 11.6 Å². The monoisotopic (exact) mass is 1450 g/mol. The average molecular weight is 1450 g/mol. The van der Waals surface area contributed by atoms with Gasteiger partial charge in [-0.25, -0.2) is 0 Å². The first kappa shape index (κ1) is 81.2. The van der Waals surface area contributed by atoms with Gasteiger partial charge in [-0.15, -0.1) is 0 Å². The summed E-state index contributed by atoms with van der Waals surface area (Å²) < 4.78 is 41.7. The summed E-state index contributed by atoms with van der Waals surface area (Å²) in [5.74, 6) is -9.15. The first-order chi connectivity index (χ1) is 48.1. The number of nitrogens with zero attached hydrogens (tertiary/aromatic N) is 9. The van der Waals surface area contributed by atoms with Crippen LogP contribution in [0.2, 0.25) is 5.02 Å². The molecular weight excluding hydrogens is 1340 g/mol. The number of rotatable bonds is 11. The molecule has 3 N–H and O–H groups in total. The Morgan fingerprint density at radius 2 is 1.29 bits per heavy atom. The minimum Gasteiger partial charge on any atom is -0.347 e. The third-order valence-electron chi connectivity index (χ3n) is 21.1. The molecule has 2 bridgehead atoms. The lowest BCUT2D eigenvalue weighted by atomic mass is 9.90. The zero-order valence-electron chi connectivity index (χ0n) is 61.4. The van der Waals surface area contributed by atoms with E-state index >= 15 is 28.8 Å². The molecule has 2 aromatic carbocycles. The highest BCUT2D eigenvalue weighted by Gasteiger charge is 2.51. The predicted octanol–water partition coefficient (Wildman–Crippen LogP) is 5.78. The molecule has 102 heavy (non-hydrogen) atoms. The number of benzene rings is 2. The van der Waals surface area contributed by atoms with E-state index in [0.717, 1.165) is 35.4 Å². The zero-order valence-corrected chi connectivity index (χ0v) is 62.1. The Balaban J connectivity index is 1.31. The van der Waals surface area contributed by atoms with Gasteiger partial charge in [0.05, 0.1) is 36.6 Å². The van der Waals surface area contributed by atoms with E-state index < -0.39 is 173 Å². The number of likely N-dealkylation sites (N-methyl/N-ethyl adjacent to an activating group) is 6.